The van der Waals surface area contributed by atoms with Crippen molar-refractivity contribution in [3.8, 4) is 0 Å². The van der Waals surface area contributed by atoms with Gasteiger partial charge in [0.1, 0.15) is 0 Å². The van der Waals surface area contributed by atoms with E-state index in [1.54, 1.807) is 24.3 Å². The van der Waals surface area contributed by atoms with Gasteiger partial charge in [0.2, 0.25) is 5.91 Å². The first-order valence-electron chi connectivity index (χ1n) is 11.0. The van der Waals surface area contributed by atoms with Crippen LogP contribution in [0.2, 0.25) is 0 Å². The van der Waals surface area contributed by atoms with Gasteiger partial charge in [0, 0.05) is 5.69 Å². The van der Waals surface area contributed by atoms with Gasteiger partial charge in [-0.05, 0) is 92.5 Å². The maximum Gasteiger partial charge on any atom is 0.337 e. The summed E-state index contributed by atoms with van der Waals surface area (Å²) in [6.07, 6.45) is 6.66. The second-order valence-electron chi connectivity index (χ2n) is 9.91. The van der Waals surface area contributed by atoms with Crippen LogP contribution in [0.3, 0.4) is 0 Å². The largest absolute Gasteiger partial charge is 0.465 e. The van der Waals surface area contributed by atoms with Gasteiger partial charge in [-0.2, -0.15) is 0 Å². The fourth-order valence-corrected chi connectivity index (χ4v) is 6.84. The Morgan fingerprint density at radius 1 is 0.933 bits per heavy atom. The summed E-state index contributed by atoms with van der Waals surface area (Å²) in [7, 11) is 1.37. The van der Waals surface area contributed by atoms with E-state index in [0.29, 0.717) is 17.4 Å². The van der Waals surface area contributed by atoms with E-state index in [0.717, 1.165) is 24.9 Å². The molecule has 2 aromatic carbocycles. The van der Waals surface area contributed by atoms with Crippen LogP contribution in [-0.2, 0) is 14.9 Å². The molecular formula is C26H29NO3. The Kier molecular flexibility index (Phi) is 4.49. The maximum absolute atomic E-state index is 13.6. The highest BCUT2D eigenvalue weighted by Gasteiger charge is 2.60. The maximum atomic E-state index is 13.6. The number of methoxy groups -OCH3 is 1. The van der Waals surface area contributed by atoms with Gasteiger partial charge in [-0.25, -0.2) is 4.79 Å². The summed E-state index contributed by atoms with van der Waals surface area (Å²) in [5.74, 6) is 1.06. The molecule has 4 aliphatic carbocycles. The Labute approximate surface area is 178 Å². The standard InChI is InChI=1S/C26H29NO3/c1-17-3-7-21(8-4-17)25-12-18-11-19(13-25)15-26(14-18,16-25)24(29)27-22-9-5-20(6-10-22)23(28)30-2/h3-10,18-19H,11-16H2,1-2H3,(H,27,29)/t18-,19+,25?,26?. The Balaban J connectivity index is 1.40. The first-order valence-corrected chi connectivity index (χ1v) is 11.0. The molecule has 4 nitrogen and oxygen atoms in total. The van der Waals surface area contributed by atoms with Crippen LogP contribution in [-0.4, -0.2) is 19.0 Å². The highest BCUT2D eigenvalue weighted by Crippen LogP contribution is 2.66. The van der Waals surface area contributed by atoms with Crippen LogP contribution in [0.1, 0.15) is 60.0 Å². The van der Waals surface area contributed by atoms with Crippen molar-refractivity contribution in [3.05, 3.63) is 65.2 Å². The third kappa shape index (κ3) is 3.13. The van der Waals surface area contributed by atoms with E-state index >= 15 is 0 Å². The Hall–Kier alpha value is -2.62. The zero-order valence-electron chi connectivity index (χ0n) is 17.7. The number of benzene rings is 2. The normalized spacial score (nSPS) is 31.4. The molecule has 4 heteroatoms. The number of anilines is 1. The quantitative estimate of drug-likeness (QED) is 0.709. The first kappa shape index (κ1) is 19.3. The van der Waals surface area contributed by atoms with E-state index in [4.69, 9.17) is 4.74 Å². The first-order chi connectivity index (χ1) is 14.4. The van der Waals surface area contributed by atoms with E-state index in [1.807, 2.05) is 0 Å². The second-order valence-corrected chi connectivity index (χ2v) is 9.91. The lowest BCUT2D eigenvalue weighted by Crippen LogP contribution is -2.57. The average Bonchev–Trinajstić information content (AvgIpc) is 2.73. The molecule has 4 bridgehead atoms. The van der Waals surface area contributed by atoms with Gasteiger partial charge in [-0.15, -0.1) is 0 Å². The third-order valence-corrected chi connectivity index (χ3v) is 7.77. The summed E-state index contributed by atoms with van der Waals surface area (Å²) in [5, 5.41) is 3.17. The van der Waals surface area contributed by atoms with Crippen LogP contribution >= 0.6 is 0 Å². The van der Waals surface area contributed by atoms with E-state index in [-0.39, 0.29) is 22.7 Å². The van der Waals surface area contributed by atoms with Crippen LogP contribution in [0, 0.1) is 24.2 Å². The topological polar surface area (TPSA) is 55.4 Å². The van der Waals surface area contributed by atoms with Gasteiger partial charge in [-0.3, -0.25) is 4.79 Å². The van der Waals surface area contributed by atoms with Crippen molar-refractivity contribution in [1.82, 2.24) is 0 Å². The van der Waals surface area contributed by atoms with Crippen LogP contribution in [0.15, 0.2) is 48.5 Å². The summed E-state index contributed by atoms with van der Waals surface area (Å²) >= 11 is 0. The molecule has 4 atom stereocenters. The van der Waals surface area contributed by atoms with E-state index < -0.39 is 0 Å². The van der Waals surface area contributed by atoms with Crippen LogP contribution in [0.25, 0.3) is 0 Å². The molecule has 2 aromatic rings. The van der Waals surface area contributed by atoms with Gasteiger partial charge in [0.05, 0.1) is 18.1 Å². The molecule has 2 unspecified atom stereocenters. The molecule has 4 aliphatic rings. The van der Waals surface area contributed by atoms with Crippen molar-refractivity contribution in [1.29, 1.82) is 0 Å². The average molecular weight is 404 g/mol. The number of nitrogens with one attached hydrogen (secondary N) is 1. The smallest absolute Gasteiger partial charge is 0.337 e. The number of carbonyl (C=O) groups is 2. The van der Waals surface area contributed by atoms with E-state index in [1.165, 1.54) is 37.5 Å². The molecule has 30 heavy (non-hydrogen) atoms. The van der Waals surface area contributed by atoms with Crippen molar-refractivity contribution >= 4 is 17.6 Å². The predicted molar refractivity (Wildman–Crippen MR) is 116 cm³/mol. The number of amides is 1. The SMILES string of the molecule is COC(=O)c1ccc(NC(=O)C23C[C@H]4C[C@@H](C2)CC(c2ccc(C)cc2)(C4)C3)cc1. The summed E-state index contributed by atoms with van der Waals surface area (Å²) in [6, 6.07) is 16.0. The lowest BCUT2D eigenvalue weighted by Gasteiger charge is -2.61. The molecule has 0 heterocycles. The van der Waals surface area contributed by atoms with Gasteiger partial charge in [0.25, 0.3) is 0 Å². The van der Waals surface area contributed by atoms with Crippen molar-refractivity contribution < 1.29 is 14.3 Å². The fourth-order valence-electron chi connectivity index (χ4n) is 6.84. The fraction of sp³-hybridized carbons (Fsp3) is 0.462. The van der Waals surface area contributed by atoms with Gasteiger partial charge in [0.15, 0.2) is 0 Å². The summed E-state index contributed by atoms with van der Waals surface area (Å²) in [5.41, 5.74) is 3.80. The number of carbonyl (C=O) groups excluding carboxylic acids is 2. The summed E-state index contributed by atoms with van der Waals surface area (Å²) in [6.45, 7) is 2.13. The zero-order chi connectivity index (χ0) is 20.9. The predicted octanol–water partition coefficient (Wildman–Crippen LogP) is 5.26. The third-order valence-electron chi connectivity index (χ3n) is 7.77. The van der Waals surface area contributed by atoms with Crippen LogP contribution in [0.4, 0.5) is 5.69 Å². The summed E-state index contributed by atoms with van der Waals surface area (Å²) < 4.78 is 4.76. The number of aryl methyl sites for hydroxylation is 1. The molecule has 156 valence electrons. The molecule has 4 saturated carbocycles. The molecule has 0 aromatic heterocycles. The molecule has 0 saturated heterocycles. The van der Waals surface area contributed by atoms with Crippen molar-refractivity contribution in [2.45, 2.75) is 50.9 Å². The number of rotatable bonds is 4. The molecule has 0 aliphatic heterocycles. The van der Waals surface area contributed by atoms with E-state index in [9.17, 15) is 9.59 Å². The monoisotopic (exact) mass is 403 g/mol. The molecule has 0 radical (unpaired) electrons. The minimum atomic E-state index is -0.367. The minimum absolute atomic E-state index is 0.143. The lowest BCUT2D eigenvalue weighted by molar-refractivity contribution is -0.143. The van der Waals surface area contributed by atoms with Gasteiger partial charge >= 0.3 is 5.97 Å². The minimum Gasteiger partial charge on any atom is -0.465 e. The summed E-state index contributed by atoms with van der Waals surface area (Å²) in [4.78, 5) is 25.2. The van der Waals surface area contributed by atoms with Crippen LogP contribution < -0.4 is 5.32 Å². The van der Waals surface area contributed by atoms with Crippen LogP contribution in [0.5, 0.6) is 0 Å². The highest BCUT2D eigenvalue weighted by molar-refractivity contribution is 5.96. The number of ether oxygens (including phenoxy) is 1. The number of esters is 1. The highest BCUT2D eigenvalue weighted by atomic mass is 16.5. The molecule has 6 rings (SSSR count). The van der Waals surface area contributed by atoms with E-state index in [2.05, 4.69) is 36.5 Å². The second kappa shape index (κ2) is 6.97. The van der Waals surface area contributed by atoms with Crippen molar-refractivity contribution in [2.24, 2.45) is 17.3 Å². The Bertz CT molecular complexity index is 962. The van der Waals surface area contributed by atoms with Gasteiger partial charge < -0.3 is 10.1 Å². The molecule has 0 spiro atoms. The van der Waals surface area contributed by atoms with Gasteiger partial charge in [-0.1, -0.05) is 29.8 Å². The van der Waals surface area contributed by atoms with Crippen molar-refractivity contribution in [2.75, 3.05) is 12.4 Å². The zero-order valence-corrected chi connectivity index (χ0v) is 17.7. The lowest BCUT2D eigenvalue weighted by atomic mass is 9.42. The van der Waals surface area contributed by atoms with Crippen molar-refractivity contribution in [3.63, 3.8) is 0 Å². The molecule has 1 amide bonds. The molecular weight excluding hydrogens is 374 g/mol. The molecule has 4 fully saturated rings. The molecule has 1 N–H and O–H groups in total. The number of hydrogen-bond acceptors (Lipinski definition) is 3. The Morgan fingerprint density at radius 2 is 1.57 bits per heavy atom. The Morgan fingerprint density at radius 3 is 2.17 bits per heavy atom. The number of hydrogen-bond donors (Lipinski definition) is 1.